The van der Waals surface area contributed by atoms with Crippen molar-refractivity contribution in [1.82, 2.24) is 9.97 Å². The summed E-state index contributed by atoms with van der Waals surface area (Å²) in [6.07, 6.45) is 5.52. The van der Waals surface area contributed by atoms with Crippen LogP contribution in [0.3, 0.4) is 0 Å². The first kappa shape index (κ1) is 22.1. The van der Waals surface area contributed by atoms with Crippen molar-refractivity contribution in [2.45, 2.75) is 69.1 Å². The number of aromatic nitrogens is 2. The minimum Gasteiger partial charge on any atom is -0.382 e. The molecule has 0 spiro atoms. The van der Waals surface area contributed by atoms with E-state index < -0.39 is 9.84 Å². The molecule has 0 unspecified atom stereocenters. The fraction of sp³-hybridized carbons (Fsp3) is 0.524. The number of nitrogens with two attached hydrogens (primary N) is 1. The summed E-state index contributed by atoms with van der Waals surface area (Å²) in [7, 11) is -3.76. The third-order valence-corrected chi connectivity index (χ3v) is 6.55. The second-order valence-corrected chi connectivity index (χ2v) is 9.26. The third-order valence-electron chi connectivity index (χ3n) is 4.76. The zero-order valence-corrected chi connectivity index (χ0v) is 18.2. The van der Waals surface area contributed by atoms with Gasteiger partial charge in [-0.05, 0) is 36.5 Å². The Morgan fingerprint density at radius 2 is 1.61 bits per heavy atom. The monoisotopic (exact) mass is 404 g/mol. The molecule has 0 saturated carbocycles. The fourth-order valence-electron chi connectivity index (χ4n) is 2.90. The molecule has 0 radical (unpaired) electrons. The molecule has 2 aromatic rings. The molecule has 28 heavy (non-hydrogen) atoms. The van der Waals surface area contributed by atoms with Crippen molar-refractivity contribution < 1.29 is 8.42 Å². The van der Waals surface area contributed by atoms with Crippen LogP contribution in [0.5, 0.6) is 0 Å². The highest BCUT2D eigenvalue weighted by molar-refractivity contribution is 7.91. The maximum absolute atomic E-state index is 13.0. The van der Waals surface area contributed by atoms with Crippen LogP contribution in [0, 0.1) is 0 Å². The largest absolute Gasteiger partial charge is 0.382 e. The van der Waals surface area contributed by atoms with Crippen LogP contribution in [0.4, 0.5) is 11.8 Å². The van der Waals surface area contributed by atoms with E-state index in [1.165, 1.54) is 6.20 Å². The van der Waals surface area contributed by atoms with Crippen molar-refractivity contribution in [2.75, 3.05) is 23.7 Å². The summed E-state index contributed by atoms with van der Waals surface area (Å²) in [4.78, 5) is 10.9. The molecule has 0 aliphatic carbocycles. The smallest absolute Gasteiger partial charge is 0.227 e. The Kier molecular flexibility index (Phi) is 7.80. The summed E-state index contributed by atoms with van der Waals surface area (Å²) in [5.41, 5.74) is 7.15. The van der Waals surface area contributed by atoms with Gasteiger partial charge in [-0.1, -0.05) is 52.7 Å². The Morgan fingerprint density at radius 3 is 2.07 bits per heavy atom. The second-order valence-electron chi connectivity index (χ2n) is 7.34. The van der Waals surface area contributed by atoms with Gasteiger partial charge in [0.2, 0.25) is 15.8 Å². The summed E-state index contributed by atoms with van der Waals surface area (Å²) in [6, 6.07) is 6.90. The van der Waals surface area contributed by atoms with Gasteiger partial charge >= 0.3 is 0 Å². The zero-order valence-electron chi connectivity index (χ0n) is 17.4. The maximum Gasteiger partial charge on any atom is 0.227 e. The molecule has 0 bridgehead atoms. The van der Waals surface area contributed by atoms with Gasteiger partial charge in [0.15, 0.2) is 0 Å². The van der Waals surface area contributed by atoms with Crippen molar-refractivity contribution >= 4 is 21.6 Å². The van der Waals surface area contributed by atoms with E-state index in [2.05, 4.69) is 42.6 Å². The Bertz CT molecular complexity index is 856. The van der Waals surface area contributed by atoms with Gasteiger partial charge in [-0.15, -0.1) is 0 Å². The molecule has 0 fully saturated rings. The Labute approximate surface area is 169 Å². The van der Waals surface area contributed by atoms with Gasteiger partial charge in [-0.3, -0.25) is 0 Å². The molecule has 0 saturated heterocycles. The highest BCUT2D eigenvalue weighted by Crippen LogP contribution is 2.27. The molecule has 6 nitrogen and oxygen atoms in total. The molecule has 2 N–H and O–H groups in total. The maximum atomic E-state index is 13.0. The lowest BCUT2D eigenvalue weighted by Gasteiger charge is -2.22. The van der Waals surface area contributed by atoms with Crippen molar-refractivity contribution in [3.8, 4) is 0 Å². The number of nitrogen functional groups attached to an aromatic ring is 1. The zero-order chi connectivity index (χ0) is 20.7. The van der Waals surface area contributed by atoms with E-state index in [-0.39, 0.29) is 15.6 Å². The lowest BCUT2D eigenvalue weighted by molar-refractivity contribution is 0.595. The molecule has 2 rings (SSSR count). The van der Waals surface area contributed by atoms with E-state index in [1.807, 2.05) is 12.1 Å². The van der Waals surface area contributed by atoms with E-state index in [9.17, 15) is 8.42 Å². The first-order valence-corrected chi connectivity index (χ1v) is 11.5. The molecular formula is C21H32N4O2S. The third kappa shape index (κ3) is 5.22. The van der Waals surface area contributed by atoms with Crippen molar-refractivity contribution in [1.29, 1.82) is 0 Å². The van der Waals surface area contributed by atoms with Gasteiger partial charge in [0.05, 0.1) is 11.1 Å². The van der Waals surface area contributed by atoms with Crippen molar-refractivity contribution in [2.24, 2.45) is 0 Å². The van der Waals surface area contributed by atoms with E-state index in [1.54, 1.807) is 12.1 Å². The summed E-state index contributed by atoms with van der Waals surface area (Å²) < 4.78 is 26.0. The molecule has 0 aliphatic rings. The Balaban J connectivity index is 2.33. The average molecular weight is 405 g/mol. The normalized spacial score (nSPS) is 11.8. The summed E-state index contributed by atoms with van der Waals surface area (Å²) >= 11 is 0. The molecule has 1 aromatic heterocycles. The van der Waals surface area contributed by atoms with E-state index in [0.717, 1.165) is 44.3 Å². The number of sulfone groups is 1. The molecule has 154 valence electrons. The minimum atomic E-state index is -3.76. The first-order chi connectivity index (χ1) is 13.3. The molecule has 0 atom stereocenters. The van der Waals surface area contributed by atoms with E-state index >= 15 is 0 Å². The number of nitrogens with zero attached hydrogens (tertiary/aromatic N) is 3. The van der Waals surface area contributed by atoms with Crippen LogP contribution in [-0.2, 0) is 9.84 Å². The van der Waals surface area contributed by atoms with Gasteiger partial charge in [-0.2, -0.15) is 4.98 Å². The number of anilines is 2. The molecule has 0 aliphatic heterocycles. The minimum absolute atomic E-state index is 0.00377. The Morgan fingerprint density at radius 1 is 1.04 bits per heavy atom. The first-order valence-electron chi connectivity index (χ1n) is 10.0. The van der Waals surface area contributed by atoms with Gasteiger partial charge < -0.3 is 10.6 Å². The standard InChI is InChI=1S/C21H32N4O2S/c1-5-7-13-25(14-8-6-2)21-23-15-19(20(22)24-21)28(26,27)18-11-9-17(10-12-18)16(3)4/h9-12,15-16H,5-8,13-14H2,1-4H3,(H2,22,23,24). The van der Waals surface area contributed by atoms with Crippen LogP contribution >= 0.6 is 0 Å². The summed E-state index contributed by atoms with van der Waals surface area (Å²) in [6.45, 7) is 10.1. The number of rotatable bonds is 10. The molecule has 7 heteroatoms. The summed E-state index contributed by atoms with van der Waals surface area (Å²) in [5, 5.41) is 0. The van der Waals surface area contributed by atoms with E-state index in [4.69, 9.17) is 5.73 Å². The van der Waals surface area contributed by atoms with Crippen molar-refractivity contribution in [3.05, 3.63) is 36.0 Å². The van der Waals surface area contributed by atoms with Crippen LogP contribution in [0.1, 0.15) is 64.9 Å². The molecule has 0 amide bonds. The topological polar surface area (TPSA) is 89.2 Å². The van der Waals surface area contributed by atoms with Crippen molar-refractivity contribution in [3.63, 3.8) is 0 Å². The number of unbranched alkanes of at least 4 members (excludes halogenated alkanes) is 2. The van der Waals surface area contributed by atoms with Crippen LogP contribution in [-0.4, -0.2) is 31.5 Å². The highest BCUT2D eigenvalue weighted by atomic mass is 32.2. The van der Waals surface area contributed by atoms with Gasteiger partial charge in [0.1, 0.15) is 10.7 Å². The predicted octanol–water partition coefficient (Wildman–Crippen LogP) is 4.42. The lowest BCUT2D eigenvalue weighted by Crippen LogP contribution is -2.28. The SMILES string of the molecule is CCCCN(CCCC)c1ncc(S(=O)(=O)c2ccc(C(C)C)cc2)c(N)n1. The number of benzene rings is 1. The van der Waals surface area contributed by atoms with E-state index in [0.29, 0.717) is 11.9 Å². The predicted molar refractivity (Wildman–Crippen MR) is 114 cm³/mol. The van der Waals surface area contributed by atoms with Crippen LogP contribution in [0.15, 0.2) is 40.3 Å². The van der Waals surface area contributed by atoms with Gasteiger partial charge in [0.25, 0.3) is 0 Å². The van der Waals surface area contributed by atoms with Gasteiger partial charge in [0, 0.05) is 13.1 Å². The highest BCUT2D eigenvalue weighted by Gasteiger charge is 2.23. The lowest BCUT2D eigenvalue weighted by atomic mass is 10.0. The number of hydrogen-bond donors (Lipinski definition) is 1. The van der Waals surface area contributed by atoms with Crippen LogP contribution in [0.2, 0.25) is 0 Å². The number of hydrogen-bond acceptors (Lipinski definition) is 6. The molecule has 1 heterocycles. The Hall–Kier alpha value is -2.15. The van der Waals surface area contributed by atoms with Gasteiger partial charge in [-0.25, -0.2) is 13.4 Å². The molecule has 1 aromatic carbocycles. The van der Waals surface area contributed by atoms with Crippen LogP contribution in [0.25, 0.3) is 0 Å². The fourth-order valence-corrected chi connectivity index (χ4v) is 4.16. The second kappa shape index (κ2) is 9.87. The average Bonchev–Trinajstić information content (AvgIpc) is 2.68. The van der Waals surface area contributed by atoms with Crippen LogP contribution < -0.4 is 10.6 Å². The molecular weight excluding hydrogens is 372 g/mol. The quantitative estimate of drug-likeness (QED) is 0.630. The summed E-state index contributed by atoms with van der Waals surface area (Å²) in [5.74, 6) is 0.825.